The zero-order chi connectivity index (χ0) is 12.8. The summed E-state index contributed by atoms with van der Waals surface area (Å²) >= 11 is 0. The second kappa shape index (κ2) is 5.74. The largest absolute Gasteiger partial charge is 0.0878 e. The molecule has 18 heavy (non-hydrogen) atoms. The van der Waals surface area contributed by atoms with Gasteiger partial charge in [0.1, 0.15) is 0 Å². The minimum absolute atomic E-state index is 0.0702. The number of benzene rings is 1. The van der Waals surface area contributed by atoms with Crippen molar-refractivity contribution in [1.29, 1.82) is 0 Å². The maximum atomic E-state index is 3.37. The summed E-state index contributed by atoms with van der Waals surface area (Å²) < 4.78 is 0. The number of allylic oxidation sites excluding steroid dienone is 3. The zero-order valence-corrected chi connectivity index (χ0v) is 11.2. The third-order valence-corrected chi connectivity index (χ3v) is 3.08. The zero-order valence-electron chi connectivity index (χ0n) is 11.2. The molecule has 1 aliphatic carbocycles. The summed E-state index contributed by atoms with van der Waals surface area (Å²) in [4.78, 5) is 0. The fourth-order valence-corrected chi connectivity index (χ4v) is 1.94. The first-order valence-corrected chi connectivity index (χ1v) is 6.62. The Balaban J connectivity index is 2.05. The van der Waals surface area contributed by atoms with Crippen molar-refractivity contribution in [2.24, 2.45) is 5.41 Å². The van der Waals surface area contributed by atoms with Gasteiger partial charge in [-0.25, -0.2) is 0 Å². The highest BCUT2D eigenvalue weighted by atomic mass is 14.1. The minimum Gasteiger partial charge on any atom is -0.0878 e. The first-order chi connectivity index (χ1) is 8.66. The van der Waals surface area contributed by atoms with Gasteiger partial charge in [-0.05, 0) is 44.2 Å². The van der Waals surface area contributed by atoms with Crippen LogP contribution in [0.5, 0.6) is 0 Å². The quantitative estimate of drug-likeness (QED) is 0.644. The molecule has 0 nitrogen and oxygen atoms in total. The topological polar surface area (TPSA) is 0 Å². The van der Waals surface area contributed by atoms with E-state index in [1.807, 2.05) is 6.07 Å². The van der Waals surface area contributed by atoms with Gasteiger partial charge < -0.3 is 0 Å². The molecule has 0 N–H and O–H groups in total. The van der Waals surface area contributed by atoms with Crippen LogP contribution in [0, 0.1) is 17.3 Å². The summed E-state index contributed by atoms with van der Waals surface area (Å²) in [5.74, 6) is 6.68. The van der Waals surface area contributed by atoms with Crippen LogP contribution in [-0.4, -0.2) is 0 Å². The van der Waals surface area contributed by atoms with Gasteiger partial charge in [0, 0.05) is 5.41 Å². The highest BCUT2D eigenvalue weighted by molar-refractivity contribution is 5.51. The third-order valence-electron chi connectivity index (χ3n) is 3.08. The molecule has 0 atom stereocenters. The van der Waals surface area contributed by atoms with Crippen molar-refractivity contribution in [2.45, 2.75) is 33.1 Å². The molecule has 0 spiro atoms. The van der Waals surface area contributed by atoms with Crippen LogP contribution in [0.25, 0.3) is 6.08 Å². The van der Waals surface area contributed by atoms with Crippen molar-refractivity contribution in [3.8, 4) is 11.8 Å². The normalized spacial score (nSPS) is 15.3. The van der Waals surface area contributed by atoms with Crippen LogP contribution in [0.1, 0.15) is 38.7 Å². The van der Waals surface area contributed by atoms with Gasteiger partial charge in [-0.15, -0.1) is 0 Å². The molecular formula is C18H20. The van der Waals surface area contributed by atoms with Gasteiger partial charge in [-0.1, -0.05) is 60.4 Å². The van der Waals surface area contributed by atoms with Crippen molar-refractivity contribution in [3.63, 3.8) is 0 Å². The molecule has 0 amide bonds. The fraction of sp³-hybridized carbons (Fsp3) is 0.333. The molecule has 0 aliphatic heterocycles. The molecule has 92 valence electrons. The predicted molar refractivity (Wildman–Crippen MR) is 79.0 cm³/mol. The van der Waals surface area contributed by atoms with Crippen LogP contribution in [0.15, 0.2) is 48.1 Å². The van der Waals surface area contributed by atoms with E-state index in [0.29, 0.717) is 0 Å². The van der Waals surface area contributed by atoms with Crippen molar-refractivity contribution in [2.75, 3.05) is 0 Å². The van der Waals surface area contributed by atoms with Gasteiger partial charge in [-0.3, -0.25) is 0 Å². The van der Waals surface area contributed by atoms with E-state index in [-0.39, 0.29) is 5.41 Å². The molecule has 2 rings (SSSR count). The van der Waals surface area contributed by atoms with E-state index >= 15 is 0 Å². The predicted octanol–water partition coefficient (Wildman–Crippen LogP) is 4.84. The number of hydrogen-bond acceptors (Lipinski definition) is 0. The lowest BCUT2D eigenvalue weighted by Crippen LogP contribution is -2.02. The number of rotatable bonds is 2. The third kappa shape index (κ3) is 3.93. The molecule has 0 unspecified atom stereocenters. The highest BCUT2D eigenvalue weighted by Gasteiger charge is 2.09. The Hall–Kier alpha value is -1.74. The molecule has 0 bridgehead atoms. The van der Waals surface area contributed by atoms with Gasteiger partial charge in [-0.2, -0.15) is 0 Å². The SMILES string of the molecule is CC(C)(C#CC1=CCCC1)/C=C/c1ccccc1. The summed E-state index contributed by atoms with van der Waals surface area (Å²) in [7, 11) is 0. The first kappa shape index (κ1) is 12.7. The summed E-state index contributed by atoms with van der Waals surface area (Å²) in [5, 5.41) is 0. The first-order valence-electron chi connectivity index (χ1n) is 6.62. The molecule has 0 heterocycles. The van der Waals surface area contributed by atoms with Gasteiger partial charge in [0.05, 0.1) is 0 Å². The smallest absolute Gasteiger partial charge is 0.0444 e. The van der Waals surface area contributed by atoms with Crippen LogP contribution in [0.2, 0.25) is 0 Å². The lowest BCUT2D eigenvalue weighted by molar-refractivity contribution is 0.658. The molecule has 0 aromatic heterocycles. The van der Waals surface area contributed by atoms with Crippen molar-refractivity contribution in [1.82, 2.24) is 0 Å². The Labute approximate surface area is 110 Å². The molecule has 0 saturated carbocycles. The minimum atomic E-state index is -0.0702. The maximum absolute atomic E-state index is 3.37. The van der Waals surface area contributed by atoms with Crippen molar-refractivity contribution in [3.05, 3.63) is 53.6 Å². The van der Waals surface area contributed by atoms with Crippen LogP contribution < -0.4 is 0 Å². The Bertz CT molecular complexity index is 504. The van der Waals surface area contributed by atoms with E-state index in [2.05, 4.69) is 68.2 Å². The van der Waals surface area contributed by atoms with E-state index in [1.54, 1.807) is 0 Å². The van der Waals surface area contributed by atoms with E-state index < -0.39 is 0 Å². The van der Waals surface area contributed by atoms with Gasteiger partial charge in [0.15, 0.2) is 0 Å². The molecule has 1 aromatic rings. The van der Waals surface area contributed by atoms with Gasteiger partial charge in [0.2, 0.25) is 0 Å². The summed E-state index contributed by atoms with van der Waals surface area (Å²) in [5.41, 5.74) is 2.47. The lowest BCUT2D eigenvalue weighted by atomic mass is 9.92. The average molecular weight is 236 g/mol. The Kier molecular flexibility index (Phi) is 4.05. The van der Waals surface area contributed by atoms with Crippen molar-refractivity contribution >= 4 is 6.08 Å². The van der Waals surface area contributed by atoms with Gasteiger partial charge >= 0.3 is 0 Å². The highest BCUT2D eigenvalue weighted by Crippen LogP contribution is 2.20. The molecular weight excluding hydrogens is 216 g/mol. The number of hydrogen-bond donors (Lipinski definition) is 0. The van der Waals surface area contributed by atoms with Crippen LogP contribution in [0.3, 0.4) is 0 Å². The lowest BCUT2D eigenvalue weighted by Gasteiger charge is -2.11. The fourth-order valence-electron chi connectivity index (χ4n) is 1.94. The maximum Gasteiger partial charge on any atom is 0.0444 e. The second-order valence-electron chi connectivity index (χ2n) is 5.34. The van der Waals surface area contributed by atoms with E-state index in [1.165, 1.54) is 24.0 Å². The summed E-state index contributed by atoms with van der Waals surface area (Å²) in [6.45, 7) is 4.32. The molecule has 0 fully saturated rings. The molecule has 0 heteroatoms. The molecule has 1 aliphatic rings. The van der Waals surface area contributed by atoms with Crippen LogP contribution in [-0.2, 0) is 0 Å². The van der Waals surface area contributed by atoms with Gasteiger partial charge in [0.25, 0.3) is 0 Å². The molecule has 0 saturated heterocycles. The second-order valence-corrected chi connectivity index (χ2v) is 5.34. The summed E-state index contributed by atoms with van der Waals surface area (Å²) in [6.07, 6.45) is 10.2. The standard InChI is InChI=1S/C18H20/c1-18(2,15-13-17-10-6-7-11-17)14-12-16-8-4-3-5-9-16/h3-5,8-10,12,14H,6-7,11H2,1-2H3/b14-12+. The van der Waals surface area contributed by atoms with Crippen molar-refractivity contribution < 1.29 is 0 Å². The Morgan fingerprint density at radius 3 is 2.61 bits per heavy atom. The molecule has 1 aromatic carbocycles. The Morgan fingerprint density at radius 2 is 1.94 bits per heavy atom. The van der Waals surface area contributed by atoms with Crippen LogP contribution >= 0.6 is 0 Å². The monoisotopic (exact) mass is 236 g/mol. The average Bonchev–Trinajstić information content (AvgIpc) is 2.89. The van der Waals surface area contributed by atoms with E-state index in [0.717, 1.165) is 6.42 Å². The summed E-state index contributed by atoms with van der Waals surface area (Å²) in [6, 6.07) is 10.4. The molecule has 0 radical (unpaired) electrons. The Morgan fingerprint density at radius 1 is 1.17 bits per heavy atom. The van der Waals surface area contributed by atoms with E-state index in [9.17, 15) is 0 Å². The van der Waals surface area contributed by atoms with E-state index in [4.69, 9.17) is 0 Å². The van der Waals surface area contributed by atoms with Crippen LogP contribution in [0.4, 0.5) is 0 Å².